The van der Waals surface area contributed by atoms with Crippen LogP contribution in [0.2, 0.25) is 0 Å². The molecule has 1 heterocycles. The largest absolute Gasteiger partial charge is 0.468 e. The van der Waals surface area contributed by atoms with E-state index in [0.29, 0.717) is 19.5 Å². The maximum absolute atomic E-state index is 12.1. The molecule has 2 atom stereocenters. The van der Waals surface area contributed by atoms with Crippen molar-refractivity contribution in [3.63, 3.8) is 0 Å². The average Bonchev–Trinajstić information content (AvgIpc) is 2.96. The Kier molecular flexibility index (Phi) is 4.81. The topological polar surface area (TPSA) is 58.6 Å². The van der Waals surface area contributed by atoms with Gasteiger partial charge in [0.1, 0.15) is 6.04 Å². The lowest BCUT2D eigenvalue weighted by Gasteiger charge is -2.23. The summed E-state index contributed by atoms with van der Waals surface area (Å²) in [6.45, 7) is 2.79. The molecule has 0 unspecified atom stereocenters. The zero-order valence-corrected chi connectivity index (χ0v) is 14.0. The zero-order chi connectivity index (χ0) is 17.1. The molecule has 0 spiro atoms. The van der Waals surface area contributed by atoms with Crippen molar-refractivity contribution in [1.82, 2.24) is 10.2 Å². The van der Waals surface area contributed by atoms with Crippen LogP contribution in [-0.4, -0.2) is 42.5 Å². The molecule has 0 radical (unpaired) electrons. The molecule has 0 aliphatic carbocycles. The van der Waals surface area contributed by atoms with Crippen LogP contribution >= 0.6 is 0 Å². The molecule has 1 aliphatic heterocycles. The second-order valence-corrected chi connectivity index (χ2v) is 6.24. The highest BCUT2D eigenvalue weighted by atomic mass is 16.5. The third-order valence-corrected chi connectivity index (χ3v) is 4.54. The van der Waals surface area contributed by atoms with Gasteiger partial charge in [-0.25, -0.2) is 0 Å². The number of methoxy groups -OCH3 is 1. The number of rotatable bonds is 4. The molecule has 1 N–H and O–H groups in total. The molecule has 2 aromatic carbocycles. The van der Waals surface area contributed by atoms with E-state index < -0.39 is 0 Å². The Bertz CT molecular complexity index is 754. The van der Waals surface area contributed by atoms with E-state index in [0.717, 1.165) is 0 Å². The number of likely N-dealkylation sites (tertiary alicyclic amines) is 1. The normalized spacial score (nSPS) is 20.9. The molecule has 5 nitrogen and oxygen atoms in total. The number of nitrogens with zero attached hydrogens (tertiary/aromatic N) is 1. The van der Waals surface area contributed by atoms with Crippen molar-refractivity contribution >= 4 is 22.6 Å². The lowest BCUT2D eigenvalue weighted by Crippen LogP contribution is -2.37. The Morgan fingerprint density at radius 1 is 1.21 bits per heavy atom. The summed E-state index contributed by atoms with van der Waals surface area (Å²) in [4.78, 5) is 25.6. The van der Waals surface area contributed by atoms with Crippen molar-refractivity contribution in [2.45, 2.75) is 32.0 Å². The fraction of sp³-hybridized carbons (Fsp3) is 0.368. The number of esters is 1. The number of fused-ring (bicyclic) bond motifs is 1. The second-order valence-electron chi connectivity index (χ2n) is 6.24. The van der Waals surface area contributed by atoms with Crippen LogP contribution in [0.5, 0.6) is 0 Å². The second kappa shape index (κ2) is 7.01. The average molecular weight is 326 g/mol. The number of ether oxygens (including phenoxy) is 1. The first-order chi connectivity index (χ1) is 11.6. The fourth-order valence-electron chi connectivity index (χ4n) is 3.50. The minimum atomic E-state index is -0.328. The smallest absolute Gasteiger partial charge is 0.323 e. The lowest BCUT2D eigenvalue weighted by molar-refractivity contribution is -0.146. The summed E-state index contributed by atoms with van der Waals surface area (Å²) in [5.41, 5.74) is 1.17. The Labute approximate surface area is 141 Å². The van der Waals surface area contributed by atoms with Crippen LogP contribution in [0.4, 0.5) is 0 Å². The first kappa shape index (κ1) is 16.5. The first-order valence-corrected chi connectivity index (χ1v) is 8.14. The molecule has 1 amide bonds. The van der Waals surface area contributed by atoms with E-state index >= 15 is 0 Å². The molecule has 0 saturated carbocycles. The van der Waals surface area contributed by atoms with Crippen molar-refractivity contribution in [1.29, 1.82) is 0 Å². The monoisotopic (exact) mass is 326 g/mol. The van der Waals surface area contributed by atoms with Crippen LogP contribution in [0.1, 0.15) is 18.9 Å². The number of hydrogen-bond donors (Lipinski definition) is 1. The molecule has 1 saturated heterocycles. The van der Waals surface area contributed by atoms with E-state index in [1.165, 1.54) is 30.4 Å². The van der Waals surface area contributed by atoms with Gasteiger partial charge in [-0.3, -0.25) is 14.5 Å². The Hall–Kier alpha value is -2.40. The summed E-state index contributed by atoms with van der Waals surface area (Å²) in [5.74, 6) is -0.321. The van der Waals surface area contributed by atoms with Gasteiger partial charge >= 0.3 is 5.97 Å². The Balaban J connectivity index is 1.85. The van der Waals surface area contributed by atoms with Gasteiger partial charge in [-0.05, 0) is 22.8 Å². The predicted molar refractivity (Wildman–Crippen MR) is 92.4 cm³/mol. The van der Waals surface area contributed by atoms with Gasteiger partial charge in [-0.2, -0.15) is 0 Å². The maximum atomic E-state index is 12.1. The molecule has 0 bridgehead atoms. The number of benzene rings is 2. The van der Waals surface area contributed by atoms with Crippen molar-refractivity contribution in [2.75, 3.05) is 13.7 Å². The van der Waals surface area contributed by atoms with Gasteiger partial charge in [0.05, 0.1) is 7.11 Å². The third-order valence-electron chi connectivity index (χ3n) is 4.54. The summed E-state index contributed by atoms with van der Waals surface area (Å²) >= 11 is 0. The number of nitrogens with one attached hydrogen (secondary N) is 1. The number of carbonyl (C=O) groups is 2. The van der Waals surface area contributed by atoms with Gasteiger partial charge in [0.15, 0.2) is 0 Å². The van der Waals surface area contributed by atoms with E-state index in [1.54, 1.807) is 0 Å². The standard InChI is InChI=1S/C19H22N2O3/c1-13(22)20-16-10-18(19(23)24-2)21(12-16)11-15-8-5-7-14-6-3-4-9-17(14)15/h3-9,16,18H,10-12H2,1-2H3,(H,20,22)/t16-,18-/m0/s1. The molecule has 5 heteroatoms. The van der Waals surface area contributed by atoms with Crippen molar-refractivity contribution in [2.24, 2.45) is 0 Å². The van der Waals surface area contributed by atoms with Crippen LogP contribution in [-0.2, 0) is 20.9 Å². The van der Waals surface area contributed by atoms with Crippen LogP contribution in [0.15, 0.2) is 42.5 Å². The van der Waals surface area contributed by atoms with Crippen molar-refractivity contribution < 1.29 is 14.3 Å². The van der Waals surface area contributed by atoms with E-state index in [4.69, 9.17) is 4.74 Å². The molecule has 2 aromatic rings. The van der Waals surface area contributed by atoms with E-state index in [-0.39, 0.29) is 24.0 Å². The quantitative estimate of drug-likeness (QED) is 0.874. The van der Waals surface area contributed by atoms with Crippen LogP contribution < -0.4 is 5.32 Å². The highest BCUT2D eigenvalue weighted by Crippen LogP contribution is 2.25. The van der Waals surface area contributed by atoms with Crippen LogP contribution in [0.3, 0.4) is 0 Å². The molecule has 1 aliphatic rings. The number of carbonyl (C=O) groups excluding carboxylic acids is 2. The van der Waals surface area contributed by atoms with Gasteiger partial charge in [-0.1, -0.05) is 42.5 Å². The summed E-state index contributed by atoms with van der Waals surface area (Å²) in [7, 11) is 1.41. The maximum Gasteiger partial charge on any atom is 0.323 e. The van der Waals surface area contributed by atoms with Crippen LogP contribution in [0.25, 0.3) is 10.8 Å². The molecule has 24 heavy (non-hydrogen) atoms. The lowest BCUT2D eigenvalue weighted by atomic mass is 10.0. The van der Waals surface area contributed by atoms with E-state index in [9.17, 15) is 9.59 Å². The molecule has 0 aromatic heterocycles. The number of hydrogen-bond acceptors (Lipinski definition) is 4. The Morgan fingerprint density at radius 2 is 1.96 bits per heavy atom. The number of amides is 1. The van der Waals surface area contributed by atoms with Gasteiger partial charge < -0.3 is 10.1 Å². The predicted octanol–water partition coefficient (Wildman–Crippen LogP) is 2.09. The van der Waals surface area contributed by atoms with Gasteiger partial charge in [0, 0.05) is 26.1 Å². The highest BCUT2D eigenvalue weighted by molar-refractivity contribution is 5.85. The molecule has 126 valence electrons. The zero-order valence-electron chi connectivity index (χ0n) is 14.0. The summed E-state index contributed by atoms with van der Waals surface area (Å²) in [6, 6.07) is 14.1. The van der Waals surface area contributed by atoms with E-state index in [1.807, 2.05) is 18.2 Å². The SMILES string of the molecule is COC(=O)[C@@H]1C[C@H](NC(C)=O)CN1Cc1cccc2ccccc12. The molecule has 1 fully saturated rings. The summed E-state index contributed by atoms with van der Waals surface area (Å²) in [5, 5.41) is 5.28. The van der Waals surface area contributed by atoms with Gasteiger partial charge in [0.25, 0.3) is 0 Å². The third kappa shape index (κ3) is 3.41. The fourth-order valence-corrected chi connectivity index (χ4v) is 3.50. The van der Waals surface area contributed by atoms with Crippen molar-refractivity contribution in [3.8, 4) is 0 Å². The minimum Gasteiger partial charge on any atom is -0.468 e. The molecular weight excluding hydrogens is 304 g/mol. The summed E-state index contributed by atoms with van der Waals surface area (Å²) < 4.78 is 4.95. The summed E-state index contributed by atoms with van der Waals surface area (Å²) in [6.07, 6.45) is 0.580. The Morgan fingerprint density at radius 3 is 2.71 bits per heavy atom. The van der Waals surface area contributed by atoms with Crippen LogP contribution in [0, 0.1) is 0 Å². The molecular formula is C19H22N2O3. The van der Waals surface area contributed by atoms with Gasteiger partial charge in [0.2, 0.25) is 5.91 Å². The highest BCUT2D eigenvalue weighted by Gasteiger charge is 2.37. The van der Waals surface area contributed by atoms with Crippen molar-refractivity contribution in [3.05, 3.63) is 48.0 Å². The van der Waals surface area contributed by atoms with Gasteiger partial charge in [-0.15, -0.1) is 0 Å². The molecule has 3 rings (SSSR count). The van der Waals surface area contributed by atoms with E-state index in [2.05, 4.69) is 34.5 Å². The first-order valence-electron chi connectivity index (χ1n) is 8.14. The minimum absolute atomic E-state index is 0.0263.